The van der Waals surface area contributed by atoms with E-state index in [1.807, 2.05) is 48.0 Å². The third kappa shape index (κ3) is 5.64. The van der Waals surface area contributed by atoms with Gasteiger partial charge in [0.2, 0.25) is 0 Å². The number of aryl methyl sites for hydroxylation is 1. The molecule has 0 atom stereocenters. The molecule has 0 aliphatic heterocycles. The Morgan fingerprint density at radius 2 is 1.85 bits per heavy atom. The van der Waals surface area contributed by atoms with Gasteiger partial charge in [0.05, 0.1) is 12.1 Å². The van der Waals surface area contributed by atoms with E-state index in [1.54, 1.807) is 0 Å². The van der Waals surface area contributed by atoms with E-state index in [9.17, 15) is 9.59 Å². The first-order valence-electron chi connectivity index (χ1n) is 5.85. The van der Waals surface area contributed by atoms with Gasteiger partial charge in [0.15, 0.2) is 0 Å². The maximum Gasteiger partial charge on any atom is 0.317 e. The zero-order chi connectivity index (χ0) is 15.0. The molecule has 0 saturated heterocycles. The highest BCUT2D eigenvalue weighted by molar-refractivity contribution is 7.08. The summed E-state index contributed by atoms with van der Waals surface area (Å²) in [5.74, 6) is -1.02. The van der Waals surface area contributed by atoms with E-state index < -0.39 is 5.97 Å². The molecule has 5 nitrogen and oxygen atoms in total. The number of thiophene rings is 1. The molecule has 4 N–H and O–H groups in total. The van der Waals surface area contributed by atoms with E-state index in [0.29, 0.717) is 5.56 Å². The molecule has 0 aliphatic rings. The summed E-state index contributed by atoms with van der Waals surface area (Å²) >= 11 is 1.52. The summed E-state index contributed by atoms with van der Waals surface area (Å²) in [4.78, 5) is 20.9. The van der Waals surface area contributed by atoms with Gasteiger partial charge < -0.3 is 16.2 Å². The summed E-state index contributed by atoms with van der Waals surface area (Å²) in [6, 6.07) is 9.57. The molecular formula is C14H16N2O3S. The molecule has 0 spiro atoms. The molecule has 6 heteroatoms. The number of nitrogens with one attached hydrogen (secondary N) is 1. The second-order valence-corrected chi connectivity index (χ2v) is 4.71. The molecule has 0 radical (unpaired) electrons. The van der Waals surface area contributed by atoms with Gasteiger partial charge in [0.1, 0.15) is 0 Å². The lowest BCUT2D eigenvalue weighted by Gasteiger charge is -2.03. The summed E-state index contributed by atoms with van der Waals surface area (Å²) in [6.45, 7) is 1.74. The van der Waals surface area contributed by atoms with Crippen LogP contribution >= 0.6 is 11.3 Å². The number of hydrogen-bond donors (Lipinski definition) is 3. The number of anilines is 1. The Balaban J connectivity index is 0.000000347. The zero-order valence-electron chi connectivity index (χ0n) is 11.0. The molecule has 1 heterocycles. The van der Waals surface area contributed by atoms with Crippen LogP contribution in [0.15, 0.2) is 41.1 Å². The van der Waals surface area contributed by atoms with Gasteiger partial charge in [0, 0.05) is 11.1 Å². The van der Waals surface area contributed by atoms with Gasteiger partial charge in [-0.1, -0.05) is 17.7 Å². The monoisotopic (exact) mass is 292 g/mol. The van der Waals surface area contributed by atoms with Crippen molar-refractivity contribution in [1.82, 2.24) is 0 Å². The average molecular weight is 292 g/mol. The van der Waals surface area contributed by atoms with Crippen LogP contribution in [0, 0.1) is 6.92 Å². The number of carboxylic acids is 1. The molecule has 1 aromatic heterocycles. The van der Waals surface area contributed by atoms with Crippen LogP contribution in [0.1, 0.15) is 15.9 Å². The predicted octanol–water partition coefficient (Wildman–Crippen LogP) is 2.34. The molecule has 2 aromatic rings. The van der Waals surface area contributed by atoms with Crippen LogP contribution in [0.5, 0.6) is 0 Å². The molecule has 0 aliphatic carbocycles. The number of carbonyl (C=O) groups is 2. The molecular weight excluding hydrogens is 276 g/mol. The van der Waals surface area contributed by atoms with Gasteiger partial charge in [-0.15, -0.1) is 0 Å². The Morgan fingerprint density at radius 1 is 1.25 bits per heavy atom. The fourth-order valence-corrected chi connectivity index (χ4v) is 1.87. The van der Waals surface area contributed by atoms with Gasteiger partial charge in [-0.05, 0) is 30.5 Å². The van der Waals surface area contributed by atoms with Crippen molar-refractivity contribution in [2.45, 2.75) is 6.92 Å². The number of aliphatic carboxylic acids is 1. The van der Waals surface area contributed by atoms with Crippen LogP contribution in [-0.2, 0) is 4.79 Å². The van der Waals surface area contributed by atoms with Gasteiger partial charge in [-0.2, -0.15) is 11.3 Å². The van der Waals surface area contributed by atoms with Crippen molar-refractivity contribution in [3.8, 4) is 0 Å². The van der Waals surface area contributed by atoms with Gasteiger partial charge in [-0.25, -0.2) is 0 Å². The fourth-order valence-electron chi connectivity index (χ4n) is 1.23. The molecule has 0 fully saturated rings. The normalized spacial score (nSPS) is 9.30. The number of carboxylic acid groups (broad SMARTS) is 1. The van der Waals surface area contributed by atoms with E-state index in [4.69, 9.17) is 5.11 Å². The third-order valence-electron chi connectivity index (χ3n) is 2.27. The minimum atomic E-state index is -0.968. The lowest BCUT2D eigenvalue weighted by atomic mass is 10.2. The topological polar surface area (TPSA) is 92.4 Å². The highest BCUT2D eigenvalue weighted by Crippen LogP contribution is 2.12. The van der Waals surface area contributed by atoms with Crippen LogP contribution in [0.4, 0.5) is 5.69 Å². The molecule has 1 aromatic carbocycles. The molecule has 20 heavy (non-hydrogen) atoms. The smallest absolute Gasteiger partial charge is 0.317 e. The summed E-state index contributed by atoms with van der Waals surface area (Å²) in [7, 11) is 0. The molecule has 0 saturated carbocycles. The van der Waals surface area contributed by atoms with Crippen molar-refractivity contribution in [3.63, 3.8) is 0 Å². The van der Waals surface area contributed by atoms with Crippen molar-refractivity contribution in [2.75, 3.05) is 11.9 Å². The van der Waals surface area contributed by atoms with E-state index in [-0.39, 0.29) is 12.5 Å². The van der Waals surface area contributed by atoms with Crippen LogP contribution in [0.2, 0.25) is 0 Å². The maximum absolute atomic E-state index is 11.7. The molecule has 0 bridgehead atoms. The Labute approximate surface area is 121 Å². The first kappa shape index (κ1) is 15.9. The van der Waals surface area contributed by atoms with Crippen LogP contribution in [0.25, 0.3) is 0 Å². The fraction of sp³-hybridized carbons (Fsp3) is 0.143. The Kier molecular flexibility index (Phi) is 6.42. The Bertz CT molecular complexity index is 550. The number of benzene rings is 1. The lowest BCUT2D eigenvalue weighted by molar-refractivity contribution is -0.135. The number of amides is 1. The minimum absolute atomic E-state index is 0.0555. The standard InChI is InChI=1S/C12H11NOS.C2H5NO2/c1-9-2-4-11(5-3-9)13-12(14)10-6-7-15-8-10;3-1-2(4)5/h2-8H,1H3,(H,13,14);1,3H2,(H,4,5). The van der Waals surface area contributed by atoms with Crippen LogP contribution in [0.3, 0.4) is 0 Å². The van der Waals surface area contributed by atoms with Crippen LogP contribution in [-0.4, -0.2) is 23.5 Å². The van der Waals surface area contributed by atoms with Crippen molar-refractivity contribution in [3.05, 3.63) is 52.2 Å². The summed E-state index contributed by atoms with van der Waals surface area (Å²) < 4.78 is 0. The van der Waals surface area contributed by atoms with Crippen molar-refractivity contribution < 1.29 is 14.7 Å². The zero-order valence-corrected chi connectivity index (χ0v) is 11.8. The van der Waals surface area contributed by atoms with Crippen molar-refractivity contribution >= 4 is 28.9 Å². The maximum atomic E-state index is 11.7. The highest BCUT2D eigenvalue weighted by Gasteiger charge is 2.05. The number of nitrogens with two attached hydrogens (primary N) is 1. The van der Waals surface area contributed by atoms with E-state index in [2.05, 4.69) is 11.1 Å². The quantitative estimate of drug-likeness (QED) is 0.809. The van der Waals surface area contributed by atoms with Crippen molar-refractivity contribution in [2.24, 2.45) is 5.73 Å². The summed E-state index contributed by atoms with van der Waals surface area (Å²) in [6.07, 6.45) is 0. The van der Waals surface area contributed by atoms with E-state index >= 15 is 0 Å². The number of rotatable bonds is 3. The molecule has 1 amide bonds. The lowest BCUT2D eigenvalue weighted by Crippen LogP contribution is -2.10. The largest absolute Gasteiger partial charge is 0.480 e. The molecule has 106 valence electrons. The third-order valence-corrected chi connectivity index (χ3v) is 2.95. The van der Waals surface area contributed by atoms with Gasteiger partial charge >= 0.3 is 5.97 Å². The highest BCUT2D eigenvalue weighted by atomic mass is 32.1. The average Bonchev–Trinajstić information content (AvgIpc) is 2.96. The number of hydrogen-bond acceptors (Lipinski definition) is 4. The second-order valence-electron chi connectivity index (χ2n) is 3.93. The first-order valence-corrected chi connectivity index (χ1v) is 6.79. The van der Waals surface area contributed by atoms with Gasteiger partial charge in [0.25, 0.3) is 5.91 Å². The predicted molar refractivity (Wildman–Crippen MR) is 80.1 cm³/mol. The van der Waals surface area contributed by atoms with E-state index in [0.717, 1.165) is 5.69 Å². The van der Waals surface area contributed by atoms with Crippen molar-refractivity contribution in [1.29, 1.82) is 0 Å². The summed E-state index contributed by atoms with van der Waals surface area (Å²) in [5, 5.41) is 14.2. The second kappa shape index (κ2) is 8.08. The Morgan fingerprint density at radius 3 is 2.30 bits per heavy atom. The molecule has 2 rings (SSSR count). The summed E-state index contributed by atoms with van der Waals surface area (Å²) in [5.41, 5.74) is 7.29. The number of carbonyl (C=O) groups excluding carboxylic acids is 1. The Hall–Kier alpha value is -2.18. The van der Waals surface area contributed by atoms with Gasteiger partial charge in [-0.3, -0.25) is 9.59 Å². The SMILES string of the molecule is Cc1ccc(NC(=O)c2ccsc2)cc1.NCC(=O)O. The van der Waals surface area contributed by atoms with Crippen LogP contribution < -0.4 is 11.1 Å². The minimum Gasteiger partial charge on any atom is -0.480 e. The first-order chi connectivity index (χ1) is 9.52. The molecule has 0 unspecified atom stereocenters. The van der Waals surface area contributed by atoms with E-state index in [1.165, 1.54) is 16.9 Å².